The summed E-state index contributed by atoms with van der Waals surface area (Å²) in [6, 6.07) is 13.0. The monoisotopic (exact) mass is 334 g/mol. The molecule has 1 aliphatic heterocycles. The maximum atomic E-state index is 12.8. The van der Waals surface area contributed by atoms with Crippen LogP contribution in [0.5, 0.6) is 0 Å². The van der Waals surface area contributed by atoms with Crippen LogP contribution in [0.25, 0.3) is 10.8 Å². The number of pyridine rings is 1. The van der Waals surface area contributed by atoms with E-state index in [1.165, 1.54) is 4.68 Å². The Hall–Kier alpha value is -3.02. The van der Waals surface area contributed by atoms with Crippen LogP contribution < -0.4 is 5.56 Å². The number of rotatable bonds is 3. The Morgan fingerprint density at radius 3 is 2.84 bits per heavy atom. The first-order valence-electron chi connectivity index (χ1n) is 8.39. The molecule has 0 spiro atoms. The van der Waals surface area contributed by atoms with Crippen LogP contribution in [0.4, 0.5) is 0 Å². The van der Waals surface area contributed by atoms with E-state index < -0.39 is 0 Å². The second kappa shape index (κ2) is 6.47. The molecule has 0 N–H and O–H groups in total. The number of carbonyl (C=O) groups is 1. The number of likely N-dealkylation sites (tertiary alicyclic amines) is 1. The standard InChI is InChI=1S/C19H18N4O2/c24-18(22-11-5-9-17(22)16-8-3-4-10-20-16)13-23-19(25)15-7-2-1-6-14(15)12-21-23/h1-4,6-8,10,12,17H,5,9,11,13H2/t17-/m0/s1. The summed E-state index contributed by atoms with van der Waals surface area (Å²) in [6.45, 7) is 0.634. The van der Waals surface area contributed by atoms with Crippen molar-refractivity contribution in [2.75, 3.05) is 6.54 Å². The molecule has 1 aromatic carbocycles. The van der Waals surface area contributed by atoms with Gasteiger partial charge >= 0.3 is 0 Å². The fourth-order valence-electron chi connectivity index (χ4n) is 3.41. The number of carbonyl (C=O) groups excluding carboxylic acids is 1. The molecule has 3 aromatic rings. The molecule has 0 unspecified atom stereocenters. The molecule has 1 amide bonds. The van der Waals surface area contributed by atoms with E-state index in [1.807, 2.05) is 41.3 Å². The average molecular weight is 334 g/mol. The lowest BCUT2D eigenvalue weighted by molar-refractivity contribution is -0.133. The first-order valence-corrected chi connectivity index (χ1v) is 8.39. The summed E-state index contributed by atoms with van der Waals surface area (Å²) in [4.78, 5) is 31.5. The van der Waals surface area contributed by atoms with E-state index in [0.29, 0.717) is 11.9 Å². The largest absolute Gasteiger partial charge is 0.332 e. The summed E-state index contributed by atoms with van der Waals surface area (Å²) in [5.74, 6) is -0.0990. The highest BCUT2D eigenvalue weighted by Gasteiger charge is 2.31. The molecule has 25 heavy (non-hydrogen) atoms. The second-order valence-corrected chi connectivity index (χ2v) is 6.19. The van der Waals surface area contributed by atoms with Crippen LogP contribution in [0.15, 0.2) is 59.7 Å². The molecular formula is C19H18N4O2. The van der Waals surface area contributed by atoms with Gasteiger partial charge in [0.15, 0.2) is 0 Å². The second-order valence-electron chi connectivity index (χ2n) is 6.19. The minimum Gasteiger partial charge on any atom is -0.332 e. The lowest BCUT2D eigenvalue weighted by Crippen LogP contribution is -2.37. The quantitative estimate of drug-likeness (QED) is 0.736. The Morgan fingerprint density at radius 1 is 1.16 bits per heavy atom. The maximum absolute atomic E-state index is 12.8. The Bertz CT molecular complexity index is 968. The molecule has 2 aromatic heterocycles. The van der Waals surface area contributed by atoms with Crippen LogP contribution in [0.1, 0.15) is 24.6 Å². The van der Waals surface area contributed by atoms with Gasteiger partial charge in [-0.3, -0.25) is 14.6 Å². The molecule has 0 saturated carbocycles. The summed E-state index contributed by atoms with van der Waals surface area (Å²) in [6.07, 6.45) is 5.20. The number of benzene rings is 1. The zero-order chi connectivity index (χ0) is 17.2. The highest BCUT2D eigenvalue weighted by Crippen LogP contribution is 2.30. The maximum Gasteiger partial charge on any atom is 0.275 e. The fraction of sp³-hybridized carbons (Fsp3) is 0.263. The van der Waals surface area contributed by atoms with Crippen molar-refractivity contribution in [3.8, 4) is 0 Å². The molecule has 126 valence electrons. The van der Waals surface area contributed by atoms with Gasteiger partial charge in [0.25, 0.3) is 5.56 Å². The average Bonchev–Trinajstić information content (AvgIpc) is 3.15. The van der Waals surface area contributed by atoms with Crippen molar-refractivity contribution >= 4 is 16.7 Å². The molecule has 6 heteroatoms. The smallest absolute Gasteiger partial charge is 0.275 e. The van der Waals surface area contributed by atoms with E-state index >= 15 is 0 Å². The highest BCUT2D eigenvalue weighted by atomic mass is 16.2. The minimum absolute atomic E-state index is 0.0233. The highest BCUT2D eigenvalue weighted by molar-refractivity contribution is 5.81. The zero-order valence-electron chi connectivity index (χ0n) is 13.7. The van der Waals surface area contributed by atoms with E-state index in [0.717, 1.165) is 23.9 Å². The van der Waals surface area contributed by atoms with Gasteiger partial charge in [0.1, 0.15) is 6.54 Å². The van der Waals surface area contributed by atoms with E-state index in [1.54, 1.807) is 18.5 Å². The van der Waals surface area contributed by atoms with Gasteiger partial charge < -0.3 is 4.90 Å². The molecule has 3 heterocycles. The van der Waals surface area contributed by atoms with Crippen LogP contribution in [-0.4, -0.2) is 32.1 Å². The first kappa shape index (κ1) is 15.5. The minimum atomic E-state index is -0.236. The van der Waals surface area contributed by atoms with Gasteiger partial charge in [-0.1, -0.05) is 24.3 Å². The van der Waals surface area contributed by atoms with Crippen molar-refractivity contribution in [1.82, 2.24) is 19.7 Å². The predicted molar refractivity (Wildman–Crippen MR) is 93.9 cm³/mol. The van der Waals surface area contributed by atoms with Gasteiger partial charge in [-0.05, 0) is 31.0 Å². The van der Waals surface area contributed by atoms with E-state index in [2.05, 4.69) is 10.1 Å². The fourth-order valence-corrected chi connectivity index (χ4v) is 3.41. The Labute approximate surface area is 144 Å². The summed E-state index contributed by atoms with van der Waals surface area (Å²) >= 11 is 0. The number of hydrogen-bond acceptors (Lipinski definition) is 4. The Morgan fingerprint density at radius 2 is 2.00 bits per heavy atom. The van der Waals surface area contributed by atoms with Gasteiger partial charge in [-0.2, -0.15) is 5.10 Å². The van der Waals surface area contributed by atoms with Crippen LogP contribution >= 0.6 is 0 Å². The summed E-state index contributed by atoms with van der Waals surface area (Å²) in [5, 5.41) is 5.51. The normalized spacial score (nSPS) is 17.1. The molecule has 1 aliphatic rings. The SMILES string of the molecule is O=C(Cn1ncc2ccccc2c1=O)N1CCC[C@H]1c1ccccn1. The Balaban J connectivity index is 1.60. The molecule has 0 bridgehead atoms. The van der Waals surface area contributed by atoms with E-state index in [4.69, 9.17) is 0 Å². The molecule has 1 fully saturated rings. The molecule has 0 aliphatic carbocycles. The van der Waals surface area contributed by atoms with Gasteiger partial charge in [-0.25, -0.2) is 4.68 Å². The first-order chi connectivity index (χ1) is 12.2. The van der Waals surface area contributed by atoms with Crippen molar-refractivity contribution in [2.24, 2.45) is 0 Å². The number of aromatic nitrogens is 3. The van der Waals surface area contributed by atoms with Crippen molar-refractivity contribution < 1.29 is 4.79 Å². The number of nitrogens with zero attached hydrogens (tertiary/aromatic N) is 4. The Kier molecular flexibility index (Phi) is 4.01. The third-order valence-corrected chi connectivity index (χ3v) is 4.65. The van der Waals surface area contributed by atoms with Crippen molar-refractivity contribution in [3.63, 3.8) is 0 Å². The third kappa shape index (κ3) is 2.91. The van der Waals surface area contributed by atoms with Crippen LogP contribution in [0.2, 0.25) is 0 Å². The van der Waals surface area contributed by atoms with Gasteiger partial charge in [0.05, 0.1) is 23.3 Å². The number of hydrogen-bond donors (Lipinski definition) is 0. The molecule has 1 atom stereocenters. The van der Waals surface area contributed by atoms with E-state index in [-0.39, 0.29) is 24.1 Å². The van der Waals surface area contributed by atoms with Crippen molar-refractivity contribution in [3.05, 3.63) is 70.9 Å². The lowest BCUT2D eigenvalue weighted by Gasteiger charge is -2.24. The zero-order valence-corrected chi connectivity index (χ0v) is 13.7. The number of fused-ring (bicyclic) bond motifs is 1. The summed E-state index contributed by atoms with van der Waals surface area (Å²) < 4.78 is 1.25. The van der Waals surface area contributed by atoms with Crippen molar-refractivity contribution in [2.45, 2.75) is 25.4 Å². The van der Waals surface area contributed by atoms with Gasteiger partial charge in [-0.15, -0.1) is 0 Å². The predicted octanol–water partition coefficient (Wildman–Crippen LogP) is 2.16. The topological polar surface area (TPSA) is 68.1 Å². The summed E-state index contributed by atoms with van der Waals surface area (Å²) in [7, 11) is 0. The molecule has 1 saturated heterocycles. The summed E-state index contributed by atoms with van der Waals surface area (Å²) in [5.41, 5.74) is 0.659. The van der Waals surface area contributed by atoms with Crippen LogP contribution in [-0.2, 0) is 11.3 Å². The van der Waals surface area contributed by atoms with Gasteiger partial charge in [0.2, 0.25) is 5.91 Å². The number of amides is 1. The molecular weight excluding hydrogens is 316 g/mol. The van der Waals surface area contributed by atoms with Crippen LogP contribution in [0.3, 0.4) is 0 Å². The van der Waals surface area contributed by atoms with Crippen molar-refractivity contribution in [1.29, 1.82) is 0 Å². The van der Waals surface area contributed by atoms with E-state index in [9.17, 15) is 9.59 Å². The molecule has 6 nitrogen and oxygen atoms in total. The van der Waals surface area contributed by atoms with Crippen LogP contribution in [0, 0.1) is 0 Å². The van der Waals surface area contributed by atoms with Gasteiger partial charge in [0, 0.05) is 18.1 Å². The molecule has 0 radical (unpaired) electrons. The lowest BCUT2D eigenvalue weighted by atomic mass is 10.1. The molecule has 4 rings (SSSR count). The third-order valence-electron chi connectivity index (χ3n) is 4.65.